The summed E-state index contributed by atoms with van der Waals surface area (Å²) in [6.45, 7) is -0.996. The quantitative estimate of drug-likeness (QED) is 0.0667. The number of hydrogen-bond acceptors (Lipinski definition) is 14. The first-order valence-corrected chi connectivity index (χ1v) is 17.9. The highest BCUT2D eigenvalue weighted by molar-refractivity contribution is 7.64. The number of rotatable bonds is 15. The van der Waals surface area contributed by atoms with Gasteiger partial charge in [-0.1, -0.05) is 36.4 Å². The third-order valence-electron chi connectivity index (χ3n) is 6.77. The Morgan fingerprint density at radius 1 is 1.02 bits per heavy atom. The van der Waals surface area contributed by atoms with Crippen molar-refractivity contribution in [1.82, 2.24) is 9.55 Å². The van der Waals surface area contributed by atoms with E-state index in [1.54, 1.807) is 48.5 Å². The molecule has 0 radical (unpaired) electrons. The van der Waals surface area contributed by atoms with Gasteiger partial charge < -0.3 is 45.3 Å². The molecule has 0 aliphatic carbocycles. The number of nitrogens with zero attached hydrogens (tertiary/aromatic N) is 2. The first-order chi connectivity index (χ1) is 23.6. The Kier molecular flexibility index (Phi) is 13.0. The number of urea groups is 1. The summed E-state index contributed by atoms with van der Waals surface area (Å²) in [4.78, 5) is 72.7. The van der Waals surface area contributed by atoms with Gasteiger partial charge in [0.1, 0.15) is 29.8 Å². The Bertz CT molecular complexity index is 1800. The molecule has 3 aromatic rings. The maximum atomic E-state index is 13.1. The number of aliphatic hydroxyl groups excluding tert-OH is 1. The number of nitrogens with one attached hydrogen (secondary N) is 2. The second-order valence-corrected chi connectivity index (χ2v) is 14.1. The van der Waals surface area contributed by atoms with Crippen molar-refractivity contribution in [3.05, 3.63) is 83.4 Å². The van der Waals surface area contributed by atoms with Crippen LogP contribution in [0.15, 0.2) is 77.7 Å². The molecule has 0 spiro atoms. The van der Waals surface area contributed by atoms with Crippen molar-refractivity contribution in [3.63, 3.8) is 0 Å². The maximum Gasteiger partial charge on any atom is 0.514 e. The third-order valence-corrected chi connectivity index (χ3v) is 9.98. The molecule has 0 bridgehead atoms. The summed E-state index contributed by atoms with van der Waals surface area (Å²) in [5.74, 6) is -1.46. The van der Waals surface area contributed by atoms with E-state index >= 15 is 0 Å². The second kappa shape index (κ2) is 16.9. The van der Waals surface area contributed by atoms with Crippen molar-refractivity contribution in [1.29, 1.82) is 0 Å². The van der Waals surface area contributed by atoms with Crippen LogP contribution in [0.2, 0.25) is 0 Å². The molecule has 1 fully saturated rings. The first-order valence-electron chi connectivity index (χ1n) is 14.6. The predicted octanol–water partition coefficient (Wildman–Crippen LogP) is 2.24. The molecule has 7 unspecified atom stereocenters. The molecule has 2 amide bonds. The molecule has 50 heavy (non-hydrogen) atoms. The second-order valence-electron chi connectivity index (χ2n) is 10.5. The van der Waals surface area contributed by atoms with Crippen LogP contribution in [0.4, 0.5) is 21.1 Å². The summed E-state index contributed by atoms with van der Waals surface area (Å²) in [6.07, 6.45) is -8.28. The van der Waals surface area contributed by atoms with Crippen molar-refractivity contribution < 1.29 is 66.6 Å². The van der Waals surface area contributed by atoms with E-state index in [1.807, 2.05) is 0 Å². The zero-order chi connectivity index (χ0) is 36.5. The molecule has 22 heteroatoms. The lowest BCUT2D eigenvalue weighted by Gasteiger charge is -2.21. The molecular weight excluding hydrogens is 708 g/mol. The zero-order valence-electron chi connectivity index (χ0n) is 25.8. The molecule has 2 heterocycles. The van der Waals surface area contributed by atoms with Crippen LogP contribution in [0.1, 0.15) is 19.1 Å². The van der Waals surface area contributed by atoms with Gasteiger partial charge >= 0.3 is 39.3 Å². The van der Waals surface area contributed by atoms with Crippen LogP contribution in [0.5, 0.6) is 5.75 Å². The summed E-state index contributed by atoms with van der Waals surface area (Å²) in [6, 6.07) is 15.2. The number of aromatic nitrogens is 2. The van der Waals surface area contributed by atoms with Crippen LogP contribution in [0.3, 0.4) is 0 Å². The molecule has 0 saturated carbocycles. The molecule has 7 atom stereocenters. The van der Waals surface area contributed by atoms with Crippen molar-refractivity contribution in [2.45, 2.75) is 43.4 Å². The van der Waals surface area contributed by atoms with Gasteiger partial charge in [-0.2, -0.15) is 4.98 Å². The number of aliphatic carboxylic acids is 1. The highest BCUT2D eigenvalue weighted by Crippen LogP contribution is 2.60. The van der Waals surface area contributed by atoms with Crippen LogP contribution < -0.4 is 26.8 Å². The number of carbonyl (C=O) groups is 3. The van der Waals surface area contributed by atoms with E-state index in [9.17, 15) is 43.2 Å². The van der Waals surface area contributed by atoms with Gasteiger partial charge in [-0.3, -0.25) is 23.8 Å². The van der Waals surface area contributed by atoms with E-state index in [1.165, 1.54) is 18.2 Å². The molecule has 1 saturated heterocycles. The molecule has 4 rings (SSSR count). The Morgan fingerprint density at radius 3 is 2.32 bits per heavy atom. The molecule has 1 aromatic heterocycles. The number of anilines is 2. The fourth-order valence-corrected chi connectivity index (χ4v) is 7.15. The molecule has 270 valence electrons. The van der Waals surface area contributed by atoms with E-state index < -0.39 is 82.6 Å². The minimum atomic E-state index is -5.33. The van der Waals surface area contributed by atoms with E-state index in [0.29, 0.717) is 5.69 Å². The van der Waals surface area contributed by atoms with Gasteiger partial charge in [0.15, 0.2) is 12.3 Å². The number of ether oxygens (including phenoxy) is 3. The van der Waals surface area contributed by atoms with Gasteiger partial charge in [0.25, 0.3) is 0 Å². The minimum absolute atomic E-state index is 0.0714. The highest BCUT2D eigenvalue weighted by Gasteiger charge is 2.49. The average molecular weight is 742 g/mol. The lowest BCUT2D eigenvalue weighted by atomic mass is 10.1. The summed E-state index contributed by atoms with van der Waals surface area (Å²) in [5, 5.41) is 24.8. The van der Waals surface area contributed by atoms with Gasteiger partial charge in [-0.25, -0.2) is 23.3 Å². The molecule has 2 aromatic carbocycles. The van der Waals surface area contributed by atoms with Crippen molar-refractivity contribution in [2.75, 3.05) is 23.4 Å². The molecule has 1 aliphatic rings. The topological polar surface area (TPSA) is 297 Å². The summed E-state index contributed by atoms with van der Waals surface area (Å²) >= 11 is 0. The number of benzene rings is 2. The number of amides is 2. The number of hydrogen-bond donors (Lipinski definition) is 7. The van der Waals surface area contributed by atoms with E-state index in [-0.39, 0.29) is 24.4 Å². The number of aliphatic hydroxyl groups is 1. The minimum Gasteiger partial charge on any atom is -0.480 e. The summed E-state index contributed by atoms with van der Waals surface area (Å²) < 4.78 is 50.9. The fraction of sp³-hybridized carbons (Fsp3) is 0.321. The average Bonchev–Trinajstić information content (AvgIpc) is 3.34. The fourth-order valence-electron chi connectivity index (χ4n) is 4.43. The molecule has 1 aliphatic heterocycles. The lowest BCUT2D eigenvalue weighted by Crippen LogP contribution is -2.40. The molecular formula is C28H33N5O15P2. The smallest absolute Gasteiger partial charge is 0.480 e. The Morgan fingerprint density at radius 2 is 1.68 bits per heavy atom. The van der Waals surface area contributed by atoms with Crippen molar-refractivity contribution in [3.8, 4) is 5.75 Å². The van der Waals surface area contributed by atoms with Crippen LogP contribution in [-0.2, 0) is 32.2 Å². The van der Waals surface area contributed by atoms with Gasteiger partial charge in [0.2, 0.25) is 0 Å². The lowest BCUT2D eigenvalue weighted by molar-refractivity contribution is -0.138. The Labute approximate surface area is 282 Å². The third kappa shape index (κ3) is 11.3. The largest absolute Gasteiger partial charge is 0.514 e. The number of carboxylic acids is 1. The highest BCUT2D eigenvalue weighted by atomic mass is 31.3. The predicted molar refractivity (Wildman–Crippen MR) is 171 cm³/mol. The van der Waals surface area contributed by atoms with Crippen LogP contribution >= 0.6 is 15.4 Å². The van der Waals surface area contributed by atoms with Gasteiger partial charge in [-0.05, 0) is 43.2 Å². The number of para-hydroxylation sites is 2. The van der Waals surface area contributed by atoms with Gasteiger partial charge in [0.05, 0.1) is 12.8 Å². The molecule has 8 N–H and O–H groups in total. The maximum absolute atomic E-state index is 13.1. The van der Waals surface area contributed by atoms with Crippen LogP contribution in [0, 0.1) is 0 Å². The standard InChI is InChI=1S/C28H33N5O15P2/c29-19(25(35)36)12-7-15-49(40,41)48-50(42,43)44-16-20-22(34)23(47-28(39)45-18-10-5-2-6-11-18)24(46-20)33-14-13-21(32-27(33)38)31-26(37)30-17-8-3-1-4-9-17/h1-6,8-11,13-14,19-20,22-24,34H,7,12,15-16,29H2,(H,35,36)(H,40,41)(H,42,43)(H2,30,31,32,37,38). The van der Waals surface area contributed by atoms with Crippen LogP contribution in [0.25, 0.3) is 0 Å². The first kappa shape index (κ1) is 38.3. The van der Waals surface area contributed by atoms with Crippen molar-refractivity contribution in [2.24, 2.45) is 5.73 Å². The number of nitrogens with two attached hydrogens (primary N) is 1. The summed E-state index contributed by atoms with van der Waals surface area (Å²) in [7, 11) is -10.1. The SMILES string of the molecule is NC(CCCP(=O)(O)OP(=O)(O)OCC1OC(n2ccc(NC(=O)Nc3ccccc3)nc2=O)C(OC(=O)Oc2ccccc2)C1O)C(=O)O. The van der Waals surface area contributed by atoms with Gasteiger partial charge in [-0.15, -0.1) is 0 Å². The Hall–Kier alpha value is -4.49. The summed E-state index contributed by atoms with van der Waals surface area (Å²) in [5.41, 5.74) is 4.75. The van der Waals surface area contributed by atoms with Gasteiger partial charge in [0, 0.05) is 11.9 Å². The Balaban J connectivity index is 1.46. The normalized spacial score (nSPS) is 21.6. The number of phosphoric ester groups is 1. The van der Waals surface area contributed by atoms with E-state index in [0.717, 1.165) is 10.8 Å². The van der Waals surface area contributed by atoms with E-state index in [4.69, 9.17) is 29.6 Å². The number of carboxylic acid groups (broad SMARTS) is 1. The number of carbonyl (C=O) groups excluding carboxylic acids is 2. The van der Waals surface area contributed by atoms with E-state index in [2.05, 4.69) is 19.9 Å². The molecule has 20 nitrogen and oxygen atoms in total. The number of phosphoric acid groups is 1. The van der Waals surface area contributed by atoms with Crippen LogP contribution in [-0.4, -0.2) is 84.8 Å². The van der Waals surface area contributed by atoms with Crippen molar-refractivity contribution >= 4 is 45.1 Å². The monoisotopic (exact) mass is 741 g/mol. The zero-order valence-corrected chi connectivity index (χ0v) is 27.6.